The first-order valence-electron chi connectivity index (χ1n) is 12.7. The molecule has 1 saturated heterocycles. The van der Waals surface area contributed by atoms with Crippen LogP contribution in [0.4, 0.5) is 11.4 Å². The average molecular weight is 489 g/mol. The van der Waals surface area contributed by atoms with Gasteiger partial charge in [-0.3, -0.25) is 19.9 Å². The smallest absolute Gasteiger partial charge is 0.276 e. The predicted molar refractivity (Wildman–Crippen MR) is 148 cm³/mol. The molecule has 4 heterocycles. The molecule has 1 amide bonds. The van der Waals surface area contributed by atoms with Gasteiger partial charge in [-0.1, -0.05) is 29.8 Å². The number of nitrogens with zero attached hydrogens (tertiary/aromatic N) is 4. The number of piperidine rings is 1. The number of benzene rings is 2. The van der Waals surface area contributed by atoms with Crippen LogP contribution >= 0.6 is 0 Å². The van der Waals surface area contributed by atoms with Crippen molar-refractivity contribution in [3.05, 3.63) is 90.5 Å². The Morgan fingerprint density at radius 1 is 0.892 bits per heavy atom. The molecule has 0 unspecified atom stereocenters. The third kappa shape index (κ3) is 4.80. The number of anilines is 2. The van der Waals surface area contributed by atoms with Gasteiger partial charge in [-0.15, -0.1) is 0 Å². The standard InChI is InChI=1S/C30H28N6O/c1-20-6-5-7-22(14-20)27-11-9-24(18-32-27)33-30(37)29-26-16-21(8-10-28(26)34-35-29)23-15-25(19-31-17-23)36-12-3-2-4-13-36/h5-11,14-19H,2-4,12-13H2,1H3,(H,33,37)(H,34,35). The number of nitrogens with one attached hydrogen (secondary N) is 2. The fourth-order valence-corrected chi connectivity index (χ4v) is 4.91. The molecule has 37 heavy (non-hydrogen) atoms. The van der Waals surface area contributed by atoms with E-state index in [2.05, 4.69) is 55.5 Å². The zero-order chi connectivity index (χ0) is 25.2. The molecule has 6 rings (SSSR count). The summed E-state index contributed by atoms with van der Waals surface area (Å²) in [5, 5.41) is 11.0. The van der Waals surface area contributed by atoms with E-state index in [1.54, 1.807) is 6.20 Å². The number of aromatic amines is 1. The second-order valence-corrected chi connectivity index (χ2v) is 9.57. The molecule has 2 N–H and O–H groups in total. The van der Waals surface area contributed by atoms with Crippen molar-refractivity contribution in [2.24, 2.45) is 0 Å². The van der Waals surface area contributed by atoms with Crippen LogP contribution in [0.1, 0.15) is 35.3 Å². The molecule has 0 atom stereocenters. The van der Waals surface area contributed by atoms with E-state index in [0.717, 1.165) is 52.1 Å². The van der Waals surface area contributed by atoms with Gasteiger partial charge < -0.3 is 10.2 Å². The minimum atomic E-state index is -0.284. The van der Waals surface area contributed by atoms with E-state index in [4.69, 9.17) is 0 Å². The van der Waals surface area contributed by atoms with Gasteiger partial charge in [0.15, 0.2) is 5.69 Å². The van der Waals surface area contributed by atoms with Crippen molar-refractivity contribution in [2.75, 3.05) is 23.3 Å². The molecule has 7 nitrogen and oxygen atoms in total. The summed E-state index contributed by atoms with van der Waals surface area (Å²) in [6.45, 7) is 4.19. The first-order chi connectivity index (χ1) is 18.1. The van der Waals surface area contributed by atoms with Crippen LogP contribution in [-0.2, 0) is 0 Å². The van der Waals surface area contributed by atoms with Gasteiger partial charge in [-0.25, -0.2) is 0 Å². The van der Waals surface area contributed by atoms with Gasteiger partial charge in [0.05, 0.1) is 35.0 Å². The maximum Gasteiger partial charge on any atom is 0.276 e. The van der Waals surface area contributed by atoms with E-state index in [0.29, 0.717) is 11.4 Å². The third-order valence-electron chi connectivity index (χ3n) is 6.89. The Morgan fingerprint density at radius 3 is 2.59 bits per heavy atom. The summed E-state index contributed by atoms with van der Waals surface area (Å²) in [4.78, 5) is 24.6. The van der Waals surface area contributed by atoms with Gasteiger partial charge >= 0.3 is 0 Å². The zero-order valence-electron chi connectivity index (χ0n) is 20.7. The van der Waals surface area contributed by atoms with Gasteiger partial charge in [0.1, 0.15) is 0 Å². The van der Waals surface area contributed by atoms with Gasteiger partial charge in [-0.2, -0.15) is 5.10 Å². The largest absolute Gasteiger partial charge is 0.370 e. The molecular weight excluding hydrogens is 460 g/mol. The van der Waals surface area contributed by atoms with Crippen LogP contribution in [0.5, 0.6) is 0 Å². The summed E-state index contributed by atoms with van der Waals surface area (Å²) < 4.78 is 0. The molecule has 5 aromatic rings. The number of amides is 1. The maximum atomic E-state index is 13.2. The SMILES string of the molecule is Cc1cccc(-c2ccc(NC(=O)c3n[nH]c4ccc(-c5cncc(N6CCCCC6)c5)cc34)cn2)c1. The number of hydrogen-bond donors (Lipinski definition) is 2. The van der Waals surface area contributed by atoms with Crippen LogP contribution in [0.2, 0.25) is 0 Å². The molecular formula is C30H28N6O. The van der Waals surface area contributed by atoms with Crippen LogP contribution in [0.3, 0.4) is 0 Å². The van der Waals surface area contributed by atoms with E-state index in [1.807, 2.05) is 54.9 Å². The Bertz CT molecular complexity index is 1570. The van der Waals surface area contributed by atoms with Gasteiger partial charge in [-0.05, 0) is 68.1 Å². The molecule has 1 aliphatic rings. The van der Waals surface area contributed by atoms with Crippen LogP contribution in [0, 0.1) is 6.92 Å². The van der Waals surface area contributed by atoms with Crippen molar-refractivity contribution in [2.45, 2.75) is 26.2 Å². The van der Waals surface area contributed by atoms with E-state index in [9.17, 15) is 4.79 Å². The van der Waals surface area contributed by atoms with Crippen molar-refractivity contribution < 1.29 is 4.79 Å². The monoisotopic (exact) mass is 488 g/mol. The van der Waals surface area contributed by atoms with Crippen molar-refractivity contribution >= 4 is 28.2 Å². The molecule has 0 aliphatic carbocycles. The molecule has 0 bridgehead atoms. The topological polar surface area (TPSA) is 86.8 Å². The summed E-state index contributed by atoms with van der Waals surface area (Å²) in [5.74, 6) is -0.284. The Balaban J connectivity index is 1.24. The average Bonchev–Trinajstić information content (AvgIpc) is 3.38. The van der Waals surface area contributed by atoms with Crippen LogP contribution in [0.15, 0.2) is 79.3 Å². The summed E-state index contributed by atoms with van der Waals surface area (Å²) >= 11 is 0. The lowest BCUT2D eigenvalue weighted by atomic mass is 10.0. The number of carbonyl (C=O) groups is 1. The second-order valence-electron chi connectivity index (χ2n) is 9.57. The molecule has 3 aromatic heterocycles. The molecule has 1 aliphatic heterocycles. The molecule has 2 aromatic carbocycles. The first kappa shape index (κ1) is 22.9. The normalized spacial score (nSPS) is 13.6. The minimum Gasteiger partial charge on any atom is -0.370 e. The fourth-order valence-electron chi connectivity index (χ4n) is 4.91. The third-order valence-corrected chi connectivity index (χ3v) is 6.89. The maximum absolute atomic E-state index is 13.2. The molecule has 1 fully saturated rings. The lowest BCUT2D eigenvalue weighted by Crippen LogP contribution is -2.29. The number of hydrogen-bond acceptors (Lipinski definition) is 5. The number of fused-ring (bicyclic) bond motifs is 1. The quantitative estimate of drug-likeness (QED) is 0.306. The fraction of sp³-hybridized carbons (Fsp3) is 0.200. The Morgan fingerprint density at radius 2 is 1.78 bits per heavy atom. The summed E-state index contributed by atoms with van der Waals surface area (Å²) in [6, 6.07) is 20.1. The molecule has 0 spiro atoms. The summed E-state index contributed by atoms with van der Waals surface area (Å²) in [5.41, 5.74) is 8.01. The molecule has 0 radical (unpaired) electrons. The van der Waals surface area contributed by atoms with Crippen molar-refractivity contribution in [3.63, 3.8) is 0 Å². The minimum absolute atomic E-state index is 0.284. The van der Waals surface area contributed by atoms with Crippen molar-refractivity contribution in [3.8, 4) is 22.4 Å². The summed E-state index contributed by atoms with van der Waals surface area (Å²) in [7, 11) is 0. The van der Waals surface area contributed by atoms with E-state index < -0.39 is 0 Å². The number of pyridine rings is 2. The van der Waals surface area contributed by atoms with Gasteiger partial charge in [0.2, 0.25) is 0 Å². The number of H-pyrrole nitrogens is 1. The highest BCUT2D eigenvalue weighted by molar-refractivity contribution is 6.11. The highest BCUT2D eigenvalue weighted by Crippen LogP contribution is 2.29. The van der Waals surface area contributed by atoms with Crippen molar-refractivity contribution in [1.29, 1.82) is 0 Å². The Labute approximate surface area is 215 Å². The van der Waals surface area contributed by atoms with Gasteiger partial charge in [0.25, 0.3) is 5.91 Å². The van der Waals surface area contributed by atoms with E-state index in [-0.39, 0.29) is 5.91 Å². The highest BCUT2D eigenvalue weighted by atomic mass is 16.1. The van der Waals surface area contributed by atoms with Crippen LogP contribution in [0.25, 0.3) is 33.3 Å². The first-order valence-corrected chi connectivity index (χ1v) is 12.7. The number of carbonyl (C=O) groups excluding carboxylic acids is 1. The lowest BCUT2D eigenvalue weighted by molar-refractivity contribution is 0.102. The number of rotatable bonds is 5. The van der Waals surface area contributed by atoms with Crippen LogP contribution < -0.4 is 10.2 Å². The van der Waals surface area contributed by atoms with Crippen molar-refractivity contribution in [1.82, 2.24) is 20.2 Å². The van der Waals surface area contributed by atoms with Gasteiger partial charge in [0, 0.05) is 35.8 Å². The van der Waals surface area contributed by atoms with E-state index >= 15 is 0 Å². The zero-order valence-corrected chi connectivity index (χ0v) is 20.7. The Hall–Kier alpha value is -4.52. The molecule has 184 valence electrons. The van der Waals surface area contributed by atoms with E-state index in [1.165, 1.54) is 24.8 Å². The second kappa shape index (κ2) is 9.85. The number of aryl methyl sites for hydroxylation is 1. The van der Waals surface area contributed by atoms with Crippen LogP contribution in [-0.4, -0.2) is 39.2 Å². The Kier molecular flexibility index (Phi) is 6.10. The predicted octanol–water partition coefficient (Wildman–Crippen LogP) is 6.24. The highest BCUT2D eigenvalue weighted by Gasteiger charge is 2.17. The summed E-state index contributed by atoms with van der Waals surface area (Å²) in [6.07, 6.45) is 9.20. The lowest BCUT2D eigenvalue weighted by Gasteiger charge is -2.28. The molecule has 7 heteroatoms. The molecule has 0 saturated carbocycles. The number of aromatic nitrogens is 4.